The molecule has 1 aliphatic heterocycles. The zero-order chi connectivity index (χ0) is 16.8. The van der Waals surface area contributed by atoms with Crippen LogP contribution in [0.1, 0.15) is 50.7 Å². The zero-order valence-electron chi connectivity index (χ0n) is 14.7. The largest absolute Gasteiger partial charge is 0.388 e. The van der Waals surface area contributed by atoms with Gasteiger partial charge in [-0.05, 0) is 48.9 Å². The Morgan fingerprint density at radius 3 is 2.42 bits per heavy atom. The standard InChI is InChI=1S/C22H29NO/c1-2-21-10-6-7-16-23(21)17-15-22(24)20-13-11-19(12-14-20)18-8-4-3-5-9-18/h3-5,8-9,11-14,21-22,24H,2,6-7,10,15-17H2,1H3. The minimum absolute atomic E-state index is 0.366. The van der Waals surface area contributed by atoms with Gasteiger partial charge in [0.15, 0.2) is 0 Å². The first kappa shape index (κ1) is 17.2. The Balaban J connectivity index is 1.58. The number of hydrogen-bond acceptors (Lipinski definition) is 2. The summed E-state index contributed by atoms with van der Waals surface area (Å²) in [7, 11) is 0. The van der Waals surface area contributed by atoms with E-state index in [1.54, 1.807) is 0 Å². The van der Waals surface area contributed by atoms with Gasteiger partial charge in [-0.3, -0.25) is 0 Å². The maximum Gasteiger partial charge on any atom is 0.0802 e. The van der Waals surface area contributed by atoms with Gasteiger partial charge in [0.05, 0.1) is 6.10 Å². The van der Waals surface area contributed by atoms with Crippen molar-refractivity contribution in [2.45, 2.75) is 51.2 Å². The van der Waals surface area contributed by atoms with Crippen LogP contribution in [-0.4, -0.2) is 29.1 Å². The lowest BCUT2D eigenvalue weighted by atomic mass is 9.98. The van der Waals surface area contributed by atoms with Crippen LogP contribution in [0.4, 0.5) is 0 Å². The summed E-state index contributed by atoms with van der Waals surface area (Å²) in [6.45, 7) is 4.47. The number of rotatable bonds is 6. The molecule has 0 bridgehead atoms. The lowest BCUT2D eigenvalue weighted by molar-refractivity contribution is 0.101. The number of nitrogens with zero attached hydrogens (tertiary/aromatic N) is 1. The van der Waals surface area contributed by atoms with Crippen molar-refractivity contribution < 1.29 is 5.11 Å². The minimum Gasteiger partial charge on any atom is -0.388 e. The van der Waals surface area contributed by atoms with E-state index < -0.39 is 0 Å². The van der Waals surface area contributed by atoms with Crippen LogP contribution in [0.2, 0.25) is 0 Å². The zero-order valence-corrected chi connectivity index (χ0v) is 14.7. The third-order valence-electron chi connectivity index (χ3n) is 5.31. The summed E-state index contributed by atoms with van der Waals surface area (Å²) in [5.74, 6) is 0. The van der Waals surface area contributed by atoms with Crippen molar-refractivity contribution in [3.05, 3.63) is 60.2 Å². The third kappa shape index (κ3) is 4.25. The van der Waals surface area contributed by atoms with E-state index in [0.717, 1.165) is 18.5 Å². The number of benzene rings is 2. The SMILES string of the molecule is CCC1CCCCN1CCC(O)c1ccc(-c2ccccc2)cc1. The van der Waals surface area contributed by atoms with Gasteiger partial charge in [-0.2, -0.15) is 0 Å². The fourth-order valence-electron chi connectivity index (χ4n) is 3.80. The molecule has 0 saturated carbocycles. The van der Waals surface area contributed by atoms with Crippen molar-refractivity contribution >= 4 is 0 Å². The summed E-state index contributed by atoms with van der Waals surface area (Å²) in [6.07, 6.45) is 5.66. The highest BCUT2D eigenvalue weighted by molar-refractivity contribution is 5.63. The molecule has 2 atom stereocenters. The molecule has 0 amide bonds. The highest BCUT2D eigenvalue weighted by Gasteiger charge is 2.21. The van der Waals surface area contributed by atoms with Crippen LogP contribution >= 0.6 is 0 Å². The number of aliphatic hydroxyl groups excluding tert-OH is 1. The Hall–Kier alpha value is -1.64. The van der Waals surface area contributed by atoms with E-state index in [-0.39, 0.29) is 6.10 Å². The molecular formula is C22H29NO. The van der Waals surface area contributed by atoms with Crippen molar-refractivity contribution in [3.8, 4) is 11.1 Å². The van der Waals surface area contributed by atoms with Gasteiger partial charge in [0.1, 0.15) is 0 Å². The molecule has 0 aliphatic carbocycles. The van der Waals surface area contributed by atoms with Crippen molar-refractivity contribution in [1.82, 2.24) is 4.90 Å². The van der Waals surface area contributed by atoms with E-state index in [4.69, 9.17) is 0 Å². The predicted octanol–water partition coefficient (Wildman–Crippen LogP) is 5.04. The second kappa shape index (κ2) is 8.46. The lowest BCUT2D eigenvalue weighted by Crippen LogP contribution is -2.40. The third-order valence-corrected chi connectivity index (χ3v) is 5.31. The van der Waals surface area contributed by atoms with Crippen molar-refractivity contribution in [2.75, 3.05) is 13.1 Å². The monoisotopic (exact) mass is 323 g/mol. The molecule has 1 N–H and O–H groups in total. The fraction of sp³-hybridized carbons (Fsp3) is 0.455. The molecule has 24 heavy (non-hydrogen) atoms. The number of likely N-dealkylation sites (tertiary alicyclic amines) is 1. The van der Waals surface area contributed by atoms with Crippen LogP contribution in [0.15, 0.2) is 54.6 Å². The van der Waals surface area contributed by atoms with Gasteiger partial charge in [-0.25, -0.2) is 0 Å². The Bertz CT molecular complexity index is 608. The van der Waals surface area contributed by atoms with Gasteiger partial charge in [0.25, 0.3) is 0 Å². The summed E-state index contributed by atoms with van der Waals surface area (Å²) in [4.78, 5) is 2.57. The smallest absolute Gasteiger partial charge is 0.0802 e. The highest BCUT2D eigenvalue weighted by Crippen LogP contribution is 2.25. The van der Waals surface area contributed by atoms with Crippen molar-refractivity contribution in [1.29, 1.82) is 0 Å². The first-order valence-corrected chi connectivity index (χ1v) is 9.35. The molecule has 3 rings (SSSR count). The van der Waals surface area contributed by atoms with Crippen molar-refractivity contribution in [3.63, 3.8) is 0 Å². The fourth-order valence-corrected chi connectivity index (χ4v) is 3.80. The van der Waals surface area contributed by atoms with Crippen LogP contribution in [-0.2, 0) is 0 Å². The molecule has 2 nitrogen and oxygen atoms in total. The normalized spacial score (nSPS) is 20.0. The van der Waals surface area contributed by atoms with E-state index in [0.29, 0.717) is 6.04 Å². The second-order valence-electron chi connectivity index (χ2n) is 6.89. The molecule has 2 aromatic carbocycles. The average Bonchev–Trinajstić information content (AvgIpc) is 2.67. The van der Waals surface area contributed by atoms with Gasteiger partial charge in [0.2, 0.25) is 0 Å². The summed E-state index contributed by atoms with van der Waals surface area (Å²) in [6, 6.07) is 19.5. The quantitative estimate of drug-likeness (QED) is 0.805. The number of aliphatic hydroxyl groups is 1. The molecule has 0 spiro atoms. The van der Waals surface area contributed by atoms with Gasteiger partial charge in [-0.15, -0.1) is 0 Å². The van der Waals surface area contributed by atoms with E-state index in [2.05, 4.69) is 60.4 Å². The van der Waals surface area contributed by atoms with E-state index in [1.165, 1.54) is 43.4 Å². The summed E-state index contributed by atoms with van der Waals surface area (Å²) >= 11 is 0. The molecule has 1 saturated heterocycles. The van der Waals surface area contributed by atoms with Crippen LogP contribution in [0.25, 0.3) is 11.1 Å². The van der Waals surface area contributed by atoms with Gasteiger partial charge >= 0.3 is 0 Å². The van der Waals surface area contributed by atoms with Crippen LogP contribution in [0.5, 0.6) is 0 Å². The summed E-state index contributed by atoms with van der Waals surface area (Å²) in [5, 5.41) is 10.5. The summed E-state index contributed by atoms with van der Waals surface area (Å²) < 4.78 is 0. The number of hydrogen-bond donors (Lipinski definition) is 1. The van der Waals surface area contributed by atoms with Gasteiger partial charge in [-0.1, -0.05) is 67.9 Å². The predicted molar refractivity (Wildman–Crippen MR) is 101 cm³/mol. The van der Waals surface area contributed by atoms with E-state index in [1.807, 2.05) is 6.07 Å². The van der Waals surface area contributed by atoms with Crippen molar-refractivity contribution in [2.24, 2.45) is 0 Å². The van der Waals surface area contributed by atoms with Crippen LogP contribution < -0.4 is 0 Å². The van der Waals surface area contributed by atoms with E-state index in [9.17, 15) is 5.11 Å². The molecule has 1 fully saturated rings. The molecule has 0 radical (unpaired) electrons. The van der Waals surface area contributed by atoms with Gasteiger partial charge < -0.3 is 10.0 Å². The summed E-state index contributed by atoms with van der Waals surface area (Å²) in [5.41, 5.74) is 3.45. The minimum atomic E-state index is -0.366. The first-order valence-electron chi connectivity index (χ1n) is 9.35. The maximum atomic E-state index is 10.5. The highest BCUT2D eigenvalue weighted by atomic mass is 16.3. The van der Waals surface area contributed by atoms with Crippen LogP contribution in [0, 0.1) is 0 Å². The molecule has 2 unspecified atom stereocenters. The second-order valence-corrected chi connectivity index (χ2v) is 6.89. The number of piperidine rings is 1. The average molecular weight is 323 g/mol. The molecule has 1 aliphatic rings. The lowest BCUT2D eigenvalue weighted by Gasteiger charge is -2.35. The molecule has 1 heterocycles. The molecule has 2 aromatic rings. The Kier molecular flexibility index (Phi) is 6.06. The first-order chi connectivity index (χ1) is 11.8. The molecule has 2 heteroatoms. The molecule has 0 aromatic heterocycles. The Labute approximate surface area is 146 Å². The van der Waals surface area contributed by atoms with Crippen LogP contribution in [0.3, 0.4) is 0 Å². The van der Waals surface area contributed by atoms with E-state index >= 15 is 0 Å². The molecular weight excluding hydrogens is 294 g/mol. The Morgan fingerprint density at radius 2 is 1.71 bits per heavy atom. The molecule has 128 valence electrons. The Morgan fingerprint density at radius 1 is 1.00 bits per heavy atom. The van der Waals surface area contributed by atoms with Gasteiger partial charge in [0, 0.05) is 12.6 Å². The topological polar surface area (TPSA) is 23.5 Å². The maximum absolute atomic E-state index is 10.5.